The van der Waals surface area contributed by atoms with Crippen LogP contribution in [0.25, 0.3) is 11.6 Å². The summed E-state index contributed by atoms with van der Waals surface area (Å²) in [6, 6.07) is 3.32. The molecule has 1 aliphatic rings. The van der Waals surface area contributed by atoms with Crippen LogP contribution in [0.15, 0.2) is 27.3 Å². The minimum absolute atomic E-state index is 0.0477. The second-order valence-electron chi connectivity index (χ2n) is 5.33. The van der Waals surface area contributed by atoms with Crippen LogP contribution < -0.4 is 0 Å². The van der Waals surface area contributed by atoms with E-state index in [0.29, 0.717) is 12.3 Å². The maximum atomic E-state index is 12.9. The number of piperidine rings is 1. The van der Waals surface area contributed by atoms with Crippen LogP contribution in [0.1, 0.15) is 18.7 Å². The molecule has 120 valence electrons. The summed E-state index contributed by atoms with van der Waals surface area (Å²) in [4.78, 5) is 5.54. The summed E-state index contributed by atoms with van der Waals surface area (Å²) in [5, 5.41) is 13.5. The third-order valence-corrected chi connectivity index (χ3v) is 3.65. The number of likely N-dealkylation sites (tertiary alicyclic amines) is 1. The second kappa shape index (κ2) is 5.40. The predicted molar refractivity (Wildman–Crippen MR) is 67.5 cm³/mol. The molecule has 6 nitrogen and oxygen atoms in total. The van der Waals surface area contributed by atoms with E-state index in [0.717, 1.165) is 0 Å². The zero-order chi connectivity index (χ0) is 15.8. The van der Waals surface area contributed by atoms with Crippen LogP contribution in [0.3, 0.4) is 0 Å². The lowest BCUT2D eigenvalue weighted by Crippen LogP contribution is -2.56. The molecule has 1 unspecified atom stereocenters. The van der Waals surface area contributed by atoms with Gasteiger partial charge in [0, 0.05) is 6.54 Å². The normalized spacial score (nSPS) is 23.8. The average Bonchev–Trinajstić information content (AvgIpc) is 3.07. The number of aliphatic hydroxyl groups is 1. The number of rotatable bonds is 3. The number of aromatic nitrogens is 2. The quantitative estimate of drug-likeness (QED) is 0.935. The molecule has 1 saturated heterocycles. The molecule has 1 fully saturated rings. The molecule has 1 N–H and O–H groups in total. The molecule has 0 saturated carbocycles. The fraction of sp³-hybridized carbons (Fsp3) is 0.538. The molecule has 3 heterocycles. The van der Waals surface area contributed by atoms with Gasteiger partial charge in [0.25, 0.3) is 0 Å². The molecule has 0 radical (unpaired) electrons. The largest absolute Gasteiger partial charge is 0.461 e. The minimum atomic E-state index is -4.65. The number of hydrogen-bond donors (Lipinski definition) is 1. The molecule has 0 amide bonds. The van der Waals surface area contributed by atoms with Crippen molar-refractivity contribution in [2.75, 3.05) is 13.1 Å². The zero-order valence-electron chi connectivity index (χ0n) is 11.5. The summed E-state index contributed by atoms with van der Waals surface area (Å²) in [6.45, 7) is -0.0298. The summed E-state index contributed by atoms with van der Waals surface area (Å²) < 4.78 is 48.8. The molecule has 3 rings (SSSR count). The van der Waals surface area contributed by atoms with Gasteiger partial charge in [-0.3, -0.25) is 4.90 Å². The van der Waals surface area contributed by atoms with Crippen molar-refractivity contribution in [1.29, 1.82) is 0 Å². The Hall–Kier alpha value is -1.87. The van der Waals surface area contributed by atoms with Gasteiger partial charge in [0.05, 0.1) is 12.8 Å². The first-order valence-electron chi connectivity index (χ1n) is 6.75. The monoisotopic (exact) mass is 317 g/mol. The Labute approximate surface area is 123 Å². The molecule has 2 aromatic rings. The van der Waals surface area contributed by atoms with Gasteiger partial charge >= 0.3 is 6.18 Å². The van der Waals surface area contributed by atoms with E-state index in [2.05, 4.69) is 10.1 Å². The van der Waals surface area contributed by atoms with Crippen molar-refractivity contribution in [2.24, 2.45) is 0 Å². The molecule has 0 bridgehead atoms. The molecule has 0 aromatic carbocycles. The van der Waals surface area contributed by atoms with Gasteiger partial charge in [0.2, 0.25) is 11.7 Å². The number of halogens is 3. The highest BCUT2D eigenvalue weighted by Gasteiger charge is 2.55. The number of β-amino-alcohol motifs (C(OH)–C–C–N with tert-alkyl or cyclic N) is 1. The fourth-order valence-corrected chi connectivity index (χ4v) is 2.51. The molecule has 0 aliphatic carbocycles. The maximum absolute atomic E-state index is 12.9. The molecular weight excluding hydrogens is 303 g/mol. The predicted octanol–water partition coefficient (Wildman–Crippen LogP) is 2.22. The van der Waals surface area contributed by atoms with Crippen molar-refractivity contribution in [3.8, 4) is 11.6 Å². The first-order valence-corrected chi connectivity index (χ1v) is 6.75. The lowest BCUT2D eigenvalue weighted by molar-refractivity contribution is -0.274. The first-order chi connectivity index (χ1) is 10.4. The Morgan fingerprint density at radius 3 is 2.91 bits per heavy atom. The standard InChI is InChI=1S/C13H14F3N3O3/c14-13(15,16)12(20)4-2-5-19(8-12)7-10-17-11(18-22-10)9-3-1-6-21-9/h1,3,6,20H,2,4-5,7-8H2. The zero-order valence-corrected chi connectivity index (χ0v) is 11.5. The van der Waals surface area contributed by atoms with Crippen molar-refractivity contribution in [2.45, 2.75) is 31.2 Å². The van der Waals surface area contributed by atoms with Crippen LogP contribution in [0, 0.1) is 0 Å². The van der Waals surface area contributed by atoms with E-state index in [-0.39, 0.29) is 31.1 Å². The SMILES string of the molecule is OC1(C(F)(F)F)CCCN(Cc2nc(-c3ccco3)no2)C1. The third-order valence-electron chi connectivity index (χ3n) is 3.65. The van der Waals surface area contributed by atoms with E-state index in [9.17, 15) is 18.3 Å². The minimum Gasteiger partial charge on any atom is -0.461 e. The number of alkyl halides is 3. The van der Waals surface area contributed by atoms with Crippen molar-refractivity contribution < 1.29 is 27.2 Å². The van der Waals surface area contributed by atoms with E-state index in [4.69, 9.17) is 8.94 Å². The van der Waals surface area contributed by atoms with E-state index in [1.807, 2.05) is 0 Å². The summed E-state index contributed by atoms with van der Waals surface area (Å²) in [5.74, 6) is 0.835. The Kier molecular flexibility index (Phi) is 3.69. The second-order valence-corrected chi connectivity index (χ2v) is 5.33. The van der Waals surface area contributed by atoms with Crippen molar-refractivity contribution >= 4 is 0 Å². The molecule has 0 spiro atoms. The topological polar surface area (TPSA) is 75.5 Å². The lowest BCUT2D eigenvalue weighted by atomic mass is 9.92. The summed E-state index contributed by atoms with van der Waals surface area (Å²) in [5.41, 5.74) is -2.69. The molecular formula is C13H14F3N3O3. The van der Waals surface area contributed by atoms with Crippen LogP contribution >= 0.6 is 0 Å². The first kappa shape index (κ1) is 15.0. The summed E-state index contributed by atoms with van der Waals surface area (Å²) in [6.07, 6.45) is -3.25. The molecule has 1 aliphatic heterocycles. The van der Waals surface area contributed by atoms with Gasteiger partial charge in [-0.1, -0.05) is 5.16 Å². The highest BCUT2D eigenvalue weighted by atomic mass is 19.4. The van der Waals surface area contributed by atoms with Gasteiger partial charge in [-0.25, -0.2) is 0 Å². The molecule has 22 heavy (non-hydrogen) atoms. The van der Waals surface area contributed by atoms with Gasteiger partial charge < -0.3 is 14.0 Å². The highest BCUT2D eigenvalue weighted by molar-refractivity contribution is 5.44. The van der Waals surface area contributed by atoms with Gasteiger partial charge in [-0.2, -0.15) is 18.2 Å². The van der Waals surface area contributed by atoms with Crippen LogP contribution in [-0.4, -0.2) is 45.0 Å². The Bertz CT molecular complexity index is 626. The number of furan rings is 1. The van der Waals surface area contributed by atoms with Crippen molar-refractivity contribution in [3.05, 3.63) is 24.3 Å². The van der Waals surface area contributed by atoms with Gasteiger partial charge in [0.15, 0.2) is 11.4 Å². The Morgan fingerprint density at radius 1 is 1.41 bits per heavy atom. The molecule has 1 atom stereocenters. The molecule has 9 heteroatoms. The fourth-order valence-electron chi connectivity index (χ4n) is 2.51. The van der Waals surface area contributed by atoms with Gasteiger partial charge in [-0.15, -0.1) is 0 Å². The smallest absolute Gasteiger partial charge is 0.418 e. The van der Waals surface area contributed by atoms with Crippen LogP contribution in [-0.2, 0) is 6.54 Å². The van der Waals surface area contributed by atoms with E-state index >= 15 is 0 Å². The highest BCUT2D eigenvalue weighted by Crippen LogP contribution is 2.37. The average molecular weight is 317 g/mol. The van der Waals surface area contributed by atoms with E-state index in [1.54, 1.807) is 12.1 Å². The number of nitrogens with zero attached hydrogens (tertiary/aromatic N) is 3. The van der Waals surface area contributed by atoms with Crippen molar-refractivity contribution in [1.82, 2.24) is 15.0 Å². The maximum Gasteiger partial charge on any atom is 0.418 e. The van der Waals surface area contributed by atoms with Crippen LogP contribution in [0.5, 0.6) is 0 Å². The summed E-state index contributed by atoms with van der Waals surface area (Å²) >= 11 is 0. The summed E-state index contributed by atoms with van der Waals surface area (Å²) in [7, 11) is 0. The number of hydrogen-bond acceptors (Lipinski definition) is 6. The Balaban J connectivity index is 1.68. The Morgan fingerprint density at radius 2 is 2.23 bits per heavy atom. The van der Waals surface area contributed by atoms with E-state index < -0.39 is 18.3 Å². The van der Waals surface area contributed by atoms with Crippen LogP contribution in [0.4, 0.5) is 13.2 Å². The van der Waals surface area contributed by atoms with Gasteiger partial charge in [0.1, 0.15) is 0 Å². The van der Waals surface area contributed by atoms with Gasteiger partial charge in [-0.05, 0) is 31.5 Å². The van der Waals surface area contributed by atoms with Crippen molar-refractivity contribution in [3.63, 3.8) is 0 Å². The van der Waals surface area contributed by atoms with E-state index in [1.165, 1.54) is 11.2 Å². The molecule has 2 aromatic heterocycles. The third kappa shape index (κ3) is 2.86. The lowest BCUT2D eigenvalue weighted by Gasteiger charge is -2.39. The van der Waals surface area contributed by atoms with Crippen LogP contribution in [0.2, 0.25) is 0 Å².